The zero-order valence-corrected chi connectivity index (χ0v) is 16.0. The van der Waals surface area contributed by atoms with Crippen LogP contribution in [0, 0.1) is 17.8 Å². The molecule has 2 nitrogen and oxygen atoms in total. The third kappa shape index (κ3) is 8.42. The van der Waals surface area contributed by atoms with E-state index in [0.717, 1.165) is 25.3 Å². The van der Waals surface area contributed by atoms with Crippen molar-refractivity contribution in [1.29, 1.82) is 0 Å². The van der Waals surface area contributed by atoms with Crippen molar-refractivity contribution in [3.8, 4) is 0 Å². The Balaban J connectivity index is 4.89. The Morgan fingerprint density at radius 3 is 2.05 bits per heavy atom. The second kappa shape index (κ2) is 11.7. The molecule has 0 aliphatic carbocycles. The molecule has 0 bridgehead atoms. The molecule has 0 saturated heterocycles. The monoisotopic (exact) mass is 319 g/mol. The first kappa shape index (κ1) is 21.2. The highest BCUT2D eigenvalue weighted by Crippen LogP contribution is 2.28. The predicted molar refractivity (Wildman–Crippen MR) is 95.2 cm³/mol. The van der Waals surface area contributed by atoms with Gasteiger partial charge < -0.3 is 10.1 Å². The van der Waals surface area contributed by atoms with Crippen molar-refractivity contribution in [3.05, 3.63) is 0 Å². The Morgan fingerprint density at radius 2 is 1.62 bits per heavy atom. The summed E-state index contributed by atoms with van der Waals surface area (Å²) in [5.74, 6) is 1.91. The van der Waals surface area contributed by atoms with E-state index in [1.165, 1.54) is 12.8 Å². The first-order chi connectivity index (χ1) is 9.87. The van der Waals surface area contributed by atoms with Gasteiger partial charge >= 0.3 is 0 Å². The SMILES string of the molecule is CCC(C)CNC(CCC(C)Cl)C(C(C)CC)C(C)OC. The van der Waals surface area contributed by atoms with Gasteiger partial charge in [-0.1, -0.05) is 40.5 Å². The van der Waals surface area contributed by atoms with Crippen molar-refractivity contribution >= 4 is 11.6 Å². The Labute approximate surface area is 138 Å². The fourth-order valence-electron chi connectivity index (χ4n) is 2.95. The Hall–Kier alpha value is 0.210. The van der Waals surface area contributed by atoms with Crippen LogP contribution in [0.15, 0.2) is 0 Å². The van der Waals surface area contributed by atoms with Crippen molar-refractivity contribution in [2.75, 3.05) is 13.7 Å². The van der Waals surface area contributed by atoms with Gasteiger partial charge in [-0.25, -0.2) is 0 Å². The molecule has 0 saturated carbocycles. The van der Waals surface area contributed by atoms with Crippen LogP contribution in [0.25, 0.3) is 0 Å². The average Bonchev–Trinajstić information content (AvgIpc) is 2.48. The van der Waals surface area contributed by atoms with Gasteiger partial charge in [0.05, 0.1) is 6.10 Å². The van der Waals surface area contributed by atoms with Crippen LogP contribution in [0.3, 0.4) is 0 Å². The first-order valence-electron chi connectivity index (χ1n) is 8.77. The van der Waals surface area contributed by atoms with Crippen molar-refractivity contribution < 1.29 is 4.74 Å². The molecule has 0 aromatic rings. The molecule has 0 aromatic heterocycles. The lowest BCUT2D eigenvalue weighted by Crippen LogP contribution is -2.46. The number of rotatable bonds is 12. The minimum Gasteiger partial charge on any atom is -0.381 e. The molecule has 0 amide bonds. The summed E-state index contributed by atoms with van der Waals surface area (Å²) in [6.45, 7) is 14.6. The van der Waals surface area contributed by atoms with Gasteiger partial charge in [0.15, 0.2) is 0 Å². The molecule has 0 radical (unpaired) electrons. The highest BCUT2D eigenvalue weighted by atomic mass is 35.5. The van der Waals surface area contributed by atoms with E-state index < -0.39 is 0 Å². The summed E-state index contributed by atoms with van der Waals surface area (Å²) in [5, 5.41) is 4.06. The van der Waals surface area contributed by atoms with Gasteiger partial charge in [0.25, 0.3) is 0 Å². The quantitative estimate of drug-likeness (QED) is 0.505. The lowest BCUT2D eigenvalue weighted by atomic mass is 9.79. The lowest BCUT2D eigenvalue weighted by Gasteiger charge is -2.37. The number of methoxy groups -OCH3 is 1. The maximum absolute atomic E-state index is 6.18. The molecule has 0 heterocycles. The molecule has 0 fully saturated rings. The molecule has 0 rings (SSSR count). The largest absolute Gasteiger partial charge is 0.381 e. The fraction of sp³-hybridized carbons (Fsp3) is 1.00. The molecule has 21 heavy (non-hydrogen) atoms. The maximum Gasteiger partial charge on any atom is 0.0588 e. The highest BCUT2D eigenvalue weighted by Gasteiger charge is 2.31. The van der Waals surface area contributed by atoms with E-state index in [1.54, 1.807) is 0 Å². The van der Waals surface area contributed by atoms with Crippen LogP contribution in [0.5, 0.6) is 0 Å². The van der Waals surface area contributed by atoms with Crippen LogP contribution in [-0.2, 0) is 4.74 Å². The van der Waals surface area contributed by atoms with Crippen molar-refractivity contribution in [3.63, 3.8) is 0 Å². The van der Waals surface area contributed by atoms with E-state index in [4.69, 9.17) is 16.3 Å². The van der Waals surface area contributed by atoms with Gasteiger partial charge in [-0.15, -0.1) is 11.6 Å². The molecule has 1 N–H and O–H groups in total. The summed E-state index contributed by atoms with van der Waals surface area (Å²) in [5.41, 5.74) is 0. The van der Waals surface area contributed by atoms with Gasteiger partial charge in [0.1, 0.15) is 0 Å². The molecule has 0 aromatic carbocycles. The predicted octanol–water partition coefficient (Wildman–Crippen LogP) is 5.10. The third-order valence-electron chi connectivity index (χ3n) is 4.98. The highest BCUT2D eigenvalue weighted by molar-refractivity contribution is 6.20. The number of hydrogen-bond acceptors (Lipinski definition) is 2. The summed E-state index contributed by atoms with van der Waals surface area (Å²) in [4.78, 5) is 0. The zero-order chi connectivity index (χ0) is 16.4. The number of halogens is 1. The lowest BCUT2D eigenvalue weighted by molar-refractivity contribution is 0.0209. The number of alkyl halides is 1. The third-order valence-corrected chi connectivity index (χ3v) is 5.20. The normalized spacial score (nSPS) is 20.6. The van der Waals surface area contributed by atoms with Crippen LogP contribution < -0.4 is 5.32 Å². The van der Waals surface area contributed by atoms with Crippen molar-refractivity contribution in [1.82, 2.24) is 5.32 Å². The second-order valence-corrected chi connectivity index (χ2v) is 7.54. The Kier molecular flexibility index (Phi) is 11.9. The average molecular weight is 320 g/mol. The molecule has 3 heteroatoms. The topological polar surface area (TPSA) is 21.3 Å². The minimum atomic E-state index is 0.244. The summed E-state index contributed by atoms with van der Waals surface area (Å²) < 4.78 is 5.68. The molecule has 0 aliphatic heterocycles. The van der Waals surface area contributed by atoms with E-state index >= 15 is 0 Å². The van der Waals surface area contributed by atoms with Crippen molar-refractivity contribution in [2.24, 2.45) is 17.8 Å². The fourth-order valence-corrected chi connectivity index (χ4v) is 3.08. The number of nitrogens with one attached hydrogen (secondary N) is 1. The summed E-state index contributed by atoms with van der Waals surface area (Å²) in [6, 6.07) is 0.491. The van der Waals surface area contributed by atoms with Crippen LogP contribution in [0.4, 0.5) is 0 Å². The van der Waals surface area contributed by atoms with E-state index in [-0.39, 0.29) is 11.5 Å². The molecule has 6 unspecified atom stereocenters. The second-order valence-electron chi connectivity index (χ2n) is 6.79. The smallest absolute Gasteiger partial charge is 0.0588 e. The Morgan fingerprint density at radius 1 is 1.00 bits per heavy atom. The number of ether oxygens (including phenoxy) is 1. The summed E-state index contributed by atoms with van der Waals surface area (Å²) in [7, 11) is 1.83. The molecular weight excluding hydrogens is 282 g/mol. The van der Waals surface area contributed by atoms with Gasteiger partial charge in [0.2, 0.25) is 0 Å². The molecule has 128 valence electrons. The standard InChI is InChI=1S/C18H38ClNO/c1-8-13(3)12-20-17(11-10-15(5)19)18(14(4)9-2)16(6)21-7/h13-18,20H,8-12H2,1-7H3. The van der Waals surface area contributed by atoms with Crippen LogP contribution in [-0.4, -0.2) is 31.2 Å². The molecule has 0 aliphatic rings. The maximum atomic E-state index is 6.18. The molecule has 6 atom stereocenters. The van der Waals surface area contributed by atoms with Crippen LogP contribution in [0.1, 0.15) is 67.2 Å². The number of hydrogen-bond donors (Lipinski definition) is 1. The van der Waals surface area contributed by atoms with Gasteiger partial charge in [0, 0.05) is 24.4 Å². The van der Waals surface area contributed by atoms with Crippen LogP contribution >= 0.6 is 11.6 Å². The first-order valence-corrected chi connectivity index (χ1v) is 9.21. The van der Waals surface area contributed by atoms with Crippen molar-refractivity contribution in [2.45, 2.75) is 84.7 Å². The van der Waals surface area contributed by atoms with Gasteiger partial charge in [-0.05, 0) is 45.1 Å². The van der Waals surface area contributed by atoms with Gasteiger partial charge in [-0.3, -0.25) is 0 Å². The molecular formula is C18H38ClNO. The van der Waals surface area contributed by atoms with E-state index in [9.17, 15) is 0 Å². The van der Waals surface area contributed by atoms with E-state index in [1.807, 2.05) is 7.11 Å². The molecule has 0 spiro atoms. The summed E-state index contributed by atoms with van der Waals surface area (Å²) in [6.07, 6.45) is 4.88. The Bertz CT molecular complexity index is 237. The van der Waals surface area contributed by atoms with Crippen LogP contribution in [0.2, 0.25) is 0 Å². The minimum absolute atomic E-state index is 0.244. The summed E-state index contributed by atoms with van der Waals surface area (Å²) >= 11 is 6.18. The zero-order valence-electron chi connectivity index (χ0n) is 15.3. The van der Waals surface area contributed by atoms with E-state index in [0.29, 0.717) is 17.9 Å². The van der Waals surface area contributed by atoms with Gasteiger partial charge in [-0.2, -0.15) is 0 Å². The van der Waals surface area contributed by atoms with E-state index in [2.05, 4.69) is 46.9 Å².